The van der Waals surface area contributed by atoms with E-state index in [0.29, 0.717) is 24.9 Å². The zero-order valence-corrected chi connectivity index (χ0v) is 10.0. The molecule has 0 aliphatic heterocycles. The fourth-order valence-electron chi connectivity index (χ4n) is 1.26. The van der Waals surface area contributed by atoms with Crippen LogP contribution in [-0.4, -0.2) is 12.6 Å². The van der Waals surface area contributed by atoms with Gasteiger partial charge in [-0.2, -0.15) is 5.26 Å². The lowest BCUT2D eigenvalue weighted by molar-refractivity contribution is 0.0499. The maximum absolute atomic E-state index is 11.6. The predicted octanol–water partition coefficient (Wildman–Crippen LogP) is 2.77. The van der Waals surface area contributed by atoms with Crippen molar-refractivity contribution < 1.29 is 9.53 Å². The van der Waals surface area contributed by atoms with Crippen molar-refractivity contribution >= 4 is 23.3 Å². The summed E-state index contributed by atoms with van der Waals surface area (Å²) < 4.78 is 5.02. The number of unbranched alkanes of at least 4 members (excludes halogenated alkanes) is 2. The Bertz CT molecular complexity index is 441. The van der Waals surface area contributed by atoms with E-state index in [4.69, 9.17) is 27.3 Å². The number of hydrogen-bond donors (Lipinski definition) is 1. The SMILES string of the molecule is N#CCCCCOC(=O)c1cccc(N)c1Cl. The highest BCUT2D eigenvalue weighted by atomic mass is 35.5. The first-order valence-corrected chi connectivity index (χ1v) is 5.62. The van der Waals surface area contributed by atoms with E-state index in [-0.39, 0.29) is 17.2 Å². The van der Waals surface area contributed by atoms with E-state index in [1.807, 2.05) is 6.07 Å². The molecule has 0 saturated carbocycles. The molecule has 0 fully saturated rings. The van der Waals surface area contributed by atoms with Crippen LogP contribution in [0, 0.1) is 11.3 Å². The van der Waals surface area contributed by atoms with Crippen molar-refractivity contribution in [3.8, 4) is 6.07 Å². The monoisotopic (exact) mass is 252 g/mol. The van der Waals surface area contributed by atoms with Crippen LogP contribution < -0.4 is 5.73 Å². The van der Waals surface area contributed by atoms with Gasteiger partial charge in [-0.1, -0.05) is 17.7 Å². The molecule has 0 aliphatic carbocycles. The van der Waals surface area contributed by atoms with Crippen LogP contribution >= 0.6 is 11.6 Å². The summed E-state index contributed by atoms with van der Waals surface area (Å²) >= 11 is 5.88. The Kier molecular flexibility index (Phi) is 5.31. The van der Waals surface area contributed by atoms with Gasteiger partial charge in [-0.25, -0.2) is 4.79 Å². The first kappa shape index (κ1) is 13.3. The number of carbonyl (C=O) groups is 1. The smallest absolute Gasteiger partial charge is 0.339 e. The highest BCUT2D eigenvalue weighted by Gasteiger charge is 2.12. The second-order valence-electron chi connectivity index (χ2n) is 3.46. The number of halogens is 1. The Morgan fingerprint density at radius 2 is 2.24 bits per heavy atom. The van der Waals surface area contributed by atoms with Gasteiger partial charge in [0.2, 0.25) is 0 Å². The zero-order valence-electron chi connectivity index (χ0n) is 9.28. The van der Waals surface area contributed by atoms with Crippen molar-refractivity contribution in [3.63, 3.8) is 0 Å². The minimum Gasteiger partial charge on any atom is -0.462 e. The fraction of sp³-hybridized carbons (Fsp3) is 0.333. The number of rotatable bonds is 5. The van der Waals surface area contributed by atoms with Crippen LogP contribution in [0.25, 0.3) is 0 Å². The van der Waals surface area contributed by atoms with Gasteiger partial charge in [-0.05, 0) is 25.0 Å². The molecule has 0 radical (unpaired) electrons. The van der Waals surface area contributed by atoms with E-state index in [0.717, 1.165) is 0 Å². The quantitative estimate of drug-likeness (QED) is 0.497. The Morgan fingerprint density at radius 3 is 2.94 bits per heavy atom. The number of nitrogen functional groups attached to an aromatic ring is 1. The third-order valence-electron chi connectivity index (χ3n) is 2.16. The summed E-state index contributed by atoms with van der Waals surface area (Å²) in [5.74, 6) is -0.487. The van der Waals surface area contributed by atoms with Crippen LogP contribution in [0.5, 0.6) is 0 Å². The summed E-state index contributed by atoms with van der Waals surface area (Å²) in [4.78, 5) is 11.6. The number of benzene rings is 1. The molecule has 0 bridgehead atoms. The van der Waals surface area contributed by atoms with Crippen molar-refractivity contribution in [3.05, 3.63) is 28.8 Å². The van der Waals surface area contributed by atoms with Crippen LogP contribution in [0.3, 0.4) is 0 Å². The lowest BCUT2D eigenvalue weighted by Gasteiger charge is -2.06. The third kappa shape index (κ3) is 3.97. The molecule has 1 rings (SSSR count). The molecular weight excluding hydrogens is 240 g/mol. The van der Waals surface area contributed by atoms with E-state index in [2.05, 4.69) is 0 Å². The van der Waals surface area contributed by atoms with Gasteiger partial charge in [0.25, 0.3) is 0 Å². The second kappa shape index (κ2) is 6.77. The van der Waals surface area contributed by atoms with Crippen molar-refractivity contribution in [2.24, 2.45) is 0 Å². The first-order chi connectivity index (χ1) is 8.16. The normalized spacial score (nSPS) is 9.65. The molecule has 0 unspecified atom stereocenters. The summed E-state index contributed by atoms with van der Waals surface area (Å²) in [5.41, 5.74) is 6.20. The van der Waals surface area contributed by atoms with Gasteiger partial charge in [-0.3, -0.25) is 0 Å². The standard InChI is InChI=1S/C12H13ClN2O2/c13-11-9(5-4-6-10(11)15)12(16)17-8-3-1-2-7-14/h4-6H,1-3,8,15H2. The molecule has 0 heterocycles. The maximum Gasteiger partial charge on any atom is 0.339 e. The average Bonchev–Trinajstić information content (AvgIpc) is 2.32. The molecule has 17 heavy (non-hydrogen) atoms. The van der Waals surface area contributed by atoms with Crippen molar-refractivity contribution in [1.82, 2.24) is 0 Å². The van der Waals surface area contributed by atoms with Gasteiger partial charge in [0.1, 0.15) is 0 Å². The van der Waals surface area contributed by atoms with Gasteiger partial charge >= 0.3 is 5.97 Å². The van der Waals surface area contributed by atoms with Crippen molar-refractivity contribution in [2.45, 2.75) is 19.3 Å². The highest BCUT2D eigenvalue weighted by molar-refractivity contribution is 6.36. The summed E-state index contributed by atoms with van der Waals surface area (Å²) in [7, 11) is 0. The molecule has 0 spiro atoms. The van der Waals surface area contributed by atoms with Crippen LogP contribution in [-0.2, 0) is 4.74 Å². The fourth-order valence-corrected chi connectivity index (χ4v) is 1.46. The van der Waals surface area contributed by atoms with Crippen molar-refractivity contribution in [2.75, 3.05) is 12.3 Å². The Morgan fingerprint density at radius 1 is 1.47 bits per heavy atom. The van der Waals surface area contributed by atoms with Gasteiger partial charge in [0.15, 0.2) is 0 Å². The lowest BCUT2D eigenvalue weighted by Crippen LogP contribution is -2.08. The number of ether oxygens (including phenoxy) is 1. The van der Waals surface area contributed by atoms with Crippen LogP contribution in [0.15, 0.2) is 18.2 Å². The number of anilines is 1. The van der Waals surface area contributed by atoms with Crippen LogP contribution in [0.2, 0.25) is 5.02 Å². The molecule has 0 aliphatic rings. The van der Waals surface area contributed by atoms with Crippen LogP contribution in [0.1, 0.15) is 29.6 Å². The van der Waals surface area contributed by atoms with Gasteiger partial charge in [0.05, 0.1) is 28.9 Å². The molecule has 0 saturated heterocycles. The predicted molar refractivity (Wildman–Crippen MR) is 65.6 cm³/mol. The number of hydrogen-bond acceptors (Lipinski definition) is 4. The summed E-state index contributed by atoms with van der Waals surface area (Å²) in [5, 5.41) is 8.55. The number of nitrogens with zero attached hydrogens (tertiary/aromatic N) is 1. The highest BCUT2D eigenvalue weighted by Crippen LogP contribution is 2.23. The van der Waals surface area contributed by atoms with E-state index in [9.17, 15) is 4.79 Å². The minimum atomic E-state index is -0.487. The summed E-state index contributed by atoms with van der Waals surface area (Å²) in [6.45, 7) is 0.283. The van der Waals surface area contributed by atoms with E-state index in [1.54, 1.807) is 18.2 Å². The van der Waals surface area contributed by atoms with Crippen molar-refractivity contribution in [1.29, 1.82) is 5.26 Å². The molecule has 0 aromatic heterocycles. The Labute approximate surface area is 105 Å². The molecule has 1 aromatic carbocycles. The van der Waals surface area contributed by atoms with Gasteiger partial charge in [0, 0.05) is 6.42 Å². The Balaban J connectivity index is 2.48. The lowest BCUT2D eigenvalue weighted by atomic mass is 10.2. The van der Waals surface area contributed by atoms with Gasteiger partial charge < -0.3 is 10.5 Å². The Hall–Kier alpha value is -1.73. The van der Waals surface area contributed by atoms with Crippen LogP contribution in [0.4, 0.5) is 5.69 Å². The molecule has 90 valence electrons. The summed E-state index contributed by atoms with van der Waals surface area (Å²) in [6.07, 6.45) is 1.85. The molecule has 4 nitrogen and oxygen atoms in total. The van der Waals surface area contributed by atoms with E-state index >= 15 is 0 Å². The number of esters is 1. The molecule has 5 heteroatoms. The van der Waals surface area contributed by atoms with E-state index < -0.39 is 5.97 Å². The molecule has 1 aromatic rings. The topological polar surface area (TPSA) is 76.1 Å². The first-order valence-electron chi connectivity index (χ1n) is 5.25. The molecular formula is C12H13ClN2O2. The summed E-state index contributed by atoms with van der Waals surface area (Å²) in [6, 6.07) is 6.86. The second-order valence-corrected chi connectivity index (χ2v) is 3.84. The number of nitrogens with two attached hydrogens (primary N) is 1. The maximum atomic E-state index is 11.6. The van der Waals surface area contributed by atoms with Gasteiger partial charge in [-0.15, -0.1) is 0 Å². The third-order valence-corrected chi connectivity index (χ3v) is 2.59. The average molecular weight is 253 g/mol. The minimum absolute atomic E-state index is 0.217. The molecule has 0 amide bonds. The largest absolute Gasteiger partial charge is 0.462 e. The molecule has 2 N–H and O–H groups in total. The number of nitriles is 1. The molecule has 0 atom stereocenters. The zero-order chi connectivity index (χ0) is 12.7. The number of carbonyl (C=O) groups excluding carboxylic acids is 1. The van der Waals surface area contributed by atoms with E-state index in [1.165, 1.54) is 0 Å².